The van der Waals surface area contributed by atoms with E-state index in [-0.39, 0.29) is 29.6 Å². The Labute approximate surface area is 126 Å². The lowest BCUT2D eigenvalue weighted by atomic mass is 9.88. The maximum Gasteiger partial charge on any atom is 0.228 e. The van der Waals surface area contributed by atoms with Gasteiger partial charge in [0.2, 0.25) is 5.91 Å². The molecule has 1 amide bonds. The fourth-order valence-electron chi connectivity index (χ4n) is 2.21. The number of aromatic nitrogens is 2. The number of nitrogens with zero attached hydrogens (tertiary/aromatic N) is 1. The molecule has 1 aliphatic heterocycles. The Morgan fingerprint density at radius 3 is 2.65 bits per heavy atom. The predicted octanol–water partition coefficient (Wildman–Crippen LogP) is 2.21. The Balaban J connectivity index is 0.00000200. The van der Waals surface area contributed by atoms with E-state index in [0.29, 0.717) is 11.7 Å². The van der Waals surface area contributed by atoms with Gasteiger partial charge in [-0.2, -0.15) is 5.10 Å². The molecule has 1 fully saturated rings. The first-order valence-corrected chi connectivity index (χ1v) is 6.91. The molecule has 5 nitrogen and oxygen atoms in total. The number of carbonyl (C=O) groups is 1. The van der Waals surface area contributed by atoms with Gasteiger partial charge >= 0.3 is 0 Å². The SMILES string of the molecule is CC(C(=O)Nc1cc(CC(C)(C)C)[nH]n1)C1CNC1.Cl. The smallest absolute Gasteiger partial charge is 0.228 e. The van der Waals surface area contributed by atoms with Gasteiger partial charge < -0.3 is 10.6 Å². The number of amides is 1. The van der Waals surface area contributed by atoms with Crippen molar-refractivity contribution in [1.82, 2.24) is 15.5 Å². The summed E-state index contributed by atoms with van der Waals surface area (Å²) in [5.74, 6) is 1.17. The van der Waals surface area contributed by atoms with E-state index in [2.05, 4.69) is 41.6 Å². The van der Waals surface area contributed by atoms with Crippen molar-refractivity contribution in [2.24, 2.45) is 17.3 Å². The number of nitrogens with one attached hydrogen (secondary N) is 3. The summed E-state index contributed by atoms with van der Waals surface area (Å²) in [6.45, 7) is 10.4. The molecule has 2 rings (SSSR count). The molecule has 1 atom stereocenters. The topological polar surface area (TPSA) is 69.8 Å². The zero-order chi connectivity index (χ0) is 14.0. The van der Waals surface area contributed by atoms with Gasteiger partial charge in [0.1, 0.15) is 0 Å². The van der Waals surface area contributed by atoms with Crippen LogP contribution >= 0.6 is 12.4 Å². The van der Waals surface area contributed by atoms with Crippen molar-refractivity contribution in [3.05, 3.63) is 11.8 Å². The zero-order valence-corrected chi connectivity index (χ0v) is 13.4. The molecule has 6 heteroatoms. The van der Waals surface area contributed by atoms with E-state index in [1.165, 1.54) is 0 Å². The van der Waals surface area contributed by atoms with Crippen LogP contribution in [0.4, 0.5) is 5.82 Å². The van der Waals surface area contributed by atoms with Crippen LogP contribution in [0, 0.1) is 17.3 Å². The molecule has 0 aromatic carbocycles. The molecule has 1 aromatic heterocycles. The van der Waals surface area contributed by atoms with Gasteiger partial charge in [0.25, 0.3) is 0 Å². The quantitative estimate of drug-likeness (QED) is 0.798. The predicted molar refractivity (Wildman–Crippen MR) is 83.1 cm³/mol. The van der Waals surface area contributed by atoms with Crippen molar-refractivity contribution in [2.75, 3.05) is 18.4 Å². The lowest BCUT2D eigenvalue weighted by molar-refractivity contribution is -0.121. The first-order chi connectivity index (χ1) is 8.85. The number of halogens is 1. The van der Waals surface area contributed by atoms with Gasteiger partial charge in [-0.1, -0.05) is 27.7 Å². The minimum Gasteiger partial charge on any atom is -0.316 e. The fraction of sp³-hybridized carbons (Fsp3) is 0.714. The minimum absolute atomic E-state index is 0. The first kappa shape index (κ1) is 17.0. The Morgan fingerprint density at radius 2 is 2.15 bits per heavy atom. The Morgan fingerprint density at radius 1 is 1.50 bits per heavy atom. The Kier molecular flexibility index (Phi) is 5.59. The van der Waals surface area contributed by atoms with Crippen LogP contribution < -0.4 is 10.6 Å². The normalized spacial score (nSPS) is 17.0. The molecule has 114 valence electrons. The molecule has 1 aromatic rings. The minimum atomic E-state index is 0. The second-order valence-electron chi connectivity index (χ2n) is 6.71. The molecule has 1 unspecified atom stereocenters. The van der Waals surface area contributed by atoms with Crippen molar-refractivity contribution >= 4 is 24.1 Å². The Hall–Kier alpha value is -1.07. The van der Waals surface area contributed by atoms with Crippen LogP contribution in [0.3, 0.4) is 0 Å². The van der Waals surface area contributed by atoms with Gasteiger partial charge in [-0.15, -0.1) is 12.4 Å². The summed E-state index contributed by atoms with van der Waals surface area (Å²) in [6.07, 6.45) is 0.915. The van der Waals surface area contributed by atoms with Crippen LogP contribution in [-0.2, 0) is 11.2 Å². The average Bonchev–Trinajstić information content (AvgIpc) is 2.59. The molecule has 1 saturated heterocycles. The second-order valence-corrected chi connectivity index (χ2v) is 6.71. The molecular formula is C14H25ClN4O. The molecule has 2 heterocycles. The molecule has 0 radical (unpaired) electrons. The fourth-order valence-corrected chi connectivity index (χ4v) is 2.21. The summed E-state index contributed by atoms with van der Waals surface area (Å²) >= 11 is 0. The molecule has 20 heavy (non-hydrogen) atoms. The van der Waals surface area contributed by atoms with Gasteiger partial charge in [-0.3, -0.25) is 9.89 Å². The lowest BCUT2D eigenvalue weighted by Crippen LogP contribution is -2.48. The number of hydrogen-bond acceptors (Lipinski definition) is 3. The number of rotatable bonds is 4. The maximum atomic E-state index is 12.0. The third-order valence-electron chi connectivity index (χ3n) is 3.54. The Bertz CT molecular complexity index is 448. The van der Waals surface area contributed by atoms with E-state index in [1.54, 1.807) is 0 Å². The van der Waals surface area contributed by atoms with Crippen LogP contribution in [-0.4, -0.2) is 29.2 Å². The van der Waals surface area contributed by atoms with Crippen LogP contribution in [0.5, 0.6) is 0 Å². The van der Waals surface area contributed by atoms with Crippen molar-refractivity contribution in [3.63, 3.8) is 0 Å². The average molecular weight is 301 g/mol. The highest BCUT2D eigenvalue weighted by Crippen LogP contribution is 2.21. The van der Waals surface area contributed by atoms with E-state index >= 15 is 0 Å². The third kappa shape index (κ3) is 4.49. The highest BCUT2D eigenvalue weighted by molar-refractivity contribution is 5.91. The summed E-state index contributed by atoms with van der Waals surface area (Å²) in [7, 11) is 0. The number of carbonyl (C=O) groups excluding carboxylic acids is 1. The summed E-state index contributed by atoms with van der Waals surface area (Å²) in [5, 5.41) is 13.2. The van der Waals surface area contributed by atoms with Crippen LogP contribution in [0.1, 0.15) is 33.4 Å². The van der Waals surface area contributed by atoms with E-state index in [9.17, 15) is 4.79 Å². The molecule has 0 spiro atoms. The van der Waals surface area contributed by atoms with Crippen molar-refractivity contribution < 1.29 is 4.79 Å². The molecule has 1 aliphatic rings. The van der Waals surface area contributed by atoms with Gasteiger partial charge in [-0.05, 0) is 30.8 Å². The number of hydrogen-bond donors (Lipinski definition) is 3. The molecule has 0 aliphatic carbocycles. The van der Waals surface area contributed by atoms with E-state index in [4.69, 9.17) is 0 Å². The summed E-state index contributed by atoms with van der Waals surface area (Å²) < 4.78 is 0. The van der Waals surface area contributed by atoms with Crippen molar-refractivity contribution in [3.8, 4) is 0 Å². The molecular weight excluding hydrogens is 276 g/mol. The molecule has 0 saturated carbocycles. The van der Waals surface area contributed by atoms with E-state index < -0.39 is 0 Å². The summed E-state index contributed by atoms with van der Waals surface area (Å²) in [6, 6.07) is 1.93. The van der Waals surface area contributed by atoms with Crippen molar-refractivity contribution in [2.45, 2.75) is 34.1 Å². The van der Waals surface area contributed by atoms with Gasteiger partial charge in [0.05, 0.1) is 0 Å². The third-order valence-corrected chi connectivity index (χ3v) is 3.54. The van der Waals surface area contributed by atoms with Crippen molar-refractivity contribution in [1.29, 1.82) is 0 Å². The second kappa shape index (κ2) is 6.59. The maximum absolute atomic E-state index is 12.0. The number of anilines is 1. The summed E-state index contributed by atoms with van der Waals surface area (Å²) in [5.41, 5.74) is 1.26. The van der Waals surface area contributed by atoms with Crippen LogP contribution in [0.25, 0.3) is 0 Å². The number of aromatic amines is 1. The van der Waals surface area contributed by atoms with Gasteiger partial charge in [-0.25, -0.2) is 0 Å². The standard InChI is InChI=1S/C14H24N4O.ClH/c1-9(10-7-15-8-10)13(19)16-12-5-11(17-18-12)6-14(2,3)4;/h5,9-10,15H,6-8H2,1-4H3,(H2,16,17,18,19);1H. The van der Waals surface area contributed by atoms with E-state index in [0.717, 1.165) is 25.2 Å². The summed E-state index contributed by atoms with van der Waals surface area (Å²) in [4.78, 5) is 12.0. The lowest BCUT2D eigenvalue weighted by Gasteiger charge is -2.31. The highest BCUT2D eigenvalue weighted by Gasteiger charge is 2.29. The van der Waals surface area contributed by atoms with E-state index in [1.807, 2.05) is 13.0 Å². The zero-order valence-electron chi connectivity index (χ0n) is 12.6. The number of H-pyrrole nitrogens is 1. The molecule has 3 N–H and O–H groups in total. The molecule has 0 bridgehead atoms. The van der Waals surface area contributed by atoms with Crippen LogP contribution in [0.2, 0.25) is 0 Å². The first-order valence-electron chi connectivity index (χ1n) is 6.91. The van der Waals surface area contributed by atoms with Crippen LogP contribution in [0.15, 0.2) is 6.07 Å². The van der Waals surface area contributed by atoms with Gasteiger partial charge in [0, 0.05) is 17.7 Å². The van der Waals surface area contributed by atoms with Gasteiger partial charge in [0.15, 0.2) is 5.82 Å². The highest BCUT2D eigenvalue weighted by atomic mass is 35.5. The monoisotopic (exact) mass is 300 g/mol. The largest absolute Gasteiger partial charge is 0.316 e.